The van der Waals surface area contributed by atoms with E-state index in [-0.39, 0.29) is 0 Å². The van der Waals surface area contributed by atoms with Crippen molar-refractivity contribution in [1.82, 2.24) is 5.32 Å². The molecule has 0 bridgehead atoms. The van der Waals surface area contributed by atoms with Gasteiger partial charge in [0.2, 0.25) is 0 Å². The summed E-state index contributed by atoms with van der Waals surface area (Å²) in [5.74, 6) is 0.476. The molecule has 1 aromatic rings. The Kier molecular flexibility index (Phi) is 9.28. The summed E-state index contributed by atoms with van der Waals surface area (Å²) in [4.78, 5) is 0. The summed E-state index contributed by atoms with van der Waals surface area (Å²) in [6, 6.07) is 6.27. The van der Waals surface area contributed by atoms with Gasteiger partial charge < -0.3 is 22.5 Å². The van der Waals surface area contributed by atoms with Crippen LogP contribution in [0.2, 0.25) is 0 Å². The van der Waals surface area contributed by atoms with Gasteiger partial charge >= 0.3 is 0 Å². The Labute approximate surface area is 111 Å². The highest BCUT2D eigenvalue weighted by Gasteiger charge is 2.04. The van der Waals surface area contributed by atoms with E-state index in [0.717, 1.165) is 31.7 Å². The van der Waals surface area contributed by atoms with Gasteiger partial charge in [-0.05, 0) is 49.7 Å². The molecule has 0 radical (unpaired) electrons. The first-order valence-electron chi connectivity index (χ1n) is 6.52. The average molecular weight is 252 g/mol. The van der Waals surface area contributed by atoms with Crippen molar-refractivity contribution < 1.29 is 0 Å². The Bertz CT molecular complexity index is 324. The Balaban J connectivity index is 0.00000137. The van der Waals surface area contributed by atoms with Crippen LogP contribution in [0, 0.1) is 0 Å². The first kappa shape index (κ1) is 16.9. The molecule has 4 heteroatoms. The highest BCUT2D eigenvalue weighted by atomic mass is 14.8. The van der Waals surface area contributed by atoms with E-state index in [2.05, 4.69) is 37.0 Å². The van der Waals surface area contributed by atoms with E-state index >= 15 is 0 Å². The fourth-order valence-electron chi connectivity index (χ4n) is 1.69. The number of rotatable bonds is 6. The van der Waals surface area contributed by atoms with Crippen LogP contribution < -0.4 is 22.5 Å². The molecule has 0 fully saturated rings. The van der Waals surface area contributed by atoms with Crippen LogP contribution in [0.25, 0.3) is 0 Å². The number of hydrogen-bond acceptors (Lipinski definition) is 4. The normalized spacial score (nSPS) is 10.1. The van der Waals surface area contributed by atoms with Crippen LogP contribution in [-0.4, -0.2) is 20.1 Å². The monoisotopic (exact) mass is 252 g/mol. The van der Waals surface area contributed by atoms with Crippen LogP contribution >= 0.6 is 0 Å². The van der Waals surface area contributed by atoms with E-state index in [1.807, 2.05) is 6.07 Å². The zero-order chi connectivity index (χ0) is 14.0. The number of nitrogen functional groups attached to an aromatic ring is 1. The molecule has 0 aromatic heterocycles. The summed E-state index contributed by atoms with van der Waals surface area (Å²) in [5.41, 5.74) is 19.3. The molecule has 0 amide bonds. The minimum atomic E-state index is 0.476. The van der Waals surface area contributed by atoms with Gasteiger partial charge in [-0.2, -0.15) is 0 Å². The van der Waals surface area contributed by atoms with E-state index in [4.69, 9.17) is 11.5 Å². The van der Waals surface area contributed by atoms with Crippen LogP contribution in [0.5, 0.6) is 0 Å². The summed E-state index contributed by atoms with van der Waals surface area (Å²) in [6.07, 6.45) is 1.02. The van der Waals surface area contributed by atoms with Gasteiger partial charge in [0, 0.05) is 12.2 Å². The molecule has 0 spiro atoms. The Morgan fingerprint density at radius 2 is 1.89 bits per heavy atom. The van der Waals surface area contributed by atoms with Crippen molar-refractivity contribution in [3.05, 3.63) is 29.3 Å². The van der Waals surface area contributed by atoms with Gasteiger partial charge in [-0.15, -0.1) is 0 Å². The first-order chi connectivity index (χ1) is 8.65. The molecule has 0 atom stereocenters. The number of hydrogen-bond donors (Lipinski definition) is 4. The Morgan fingerprint density at radius 1 is 1.22 bits per heavy atom. The largest absolute Gasteiger partial charge is 0.398 e. The molecule has 0 heterocycles. The third-order valence-corrected chi connectivity index (χ3v) is 2.66. The molecular weight excluding hydrogens is 224 g/mol. The van der Waals surface area contributed by atoms with E-state index in [1.165, 1.54) is 18.2 Å². The predicted molar refractivity (Wildman–Crippen MR) is 80.4 cm³/mol. The second kappa shape index (κ2) is 9.88. The van der Waals surface area contributed by atoms with E-state index in [9.17, 15) is 0 Å². The van der Waals surface area contributed by atoms with Crippen LogP contribution in [0.4, 0.5) is 5.69 Å². The predicted octanol–water partition coefficient (Wildman–Crippen LogP) is 1.41. The first-order valence-corrected chi connectivity index (χ1v) is 6.52. The lowest BCUT2D eigenvalue weighted by atomic mass is 9.99. The number of anilines is 1. The molecule has 0 saturated carbocycles. The summed E-state index contributed by atoms with van der Waals surface area (Å²) in [5, 5.41) is 3.37. The van der Waals surface area contributed by atoms with Crippen molar-refractivity contribution in [3.8, 4) is 0 Å². The third-order valence-electron chi connectivity index (χ3n) is 2.66. The molecule has 0 saturated heterocycles. The highest BCUT2D eigenvalue weighted by Crippen LogP contribution is 2.22. The zero-order valence-electron chi connectivity index (χ0n) is 11.9. The second-order valence-corrected chi connectivity index (χ2v) is 4.44. The lowest BCUT2D eigenvalue weighted by Crippen LogP contribution is -2.17. The van der Waals surface area contributed by atoms with Crippen molar-refractivity contribution in [1.29, 1.82) is 0 Å². The zero-order valence-corrected chi connectivity index (χ0v) is 11.9. The quantitative estimate of drug-likeness (QED) is 0.455. The third kappa shape index (κ3) is 6.00. The molecule has 0 aliphatic carbocycles. The van der Waals surface area contributed by atoms with Gasteiger partial charge in [0.25, 0.3) is 0 Å². The maximum atomic E-state index is 5.93. The summed E-state index contributed by atoms with van der Waals surface area (Å²) >= 11 is 0. The van der Waals surface area contributed by atoms with Crippen LogP contribution in [0.3, 0.4) is 0 Å². The fraction of sp³-hybridized carbons (Fsp3) is 0.571. The molecule has 0 aliphatic heterocycles. The molecule has 0 unspecified atom stereocenters. The molecule has 7 N–H and O–H groups in total. The van der Waals surface area contributed by atoms with Crippen molar-refractivity contribution in [2.45, 2.75) is 32.7 Å². The molecule has 4 nitrogen and oxygen atoms in total. The van der Waals surface area contributed by atoms with Crippen molar-refractivity contribution in [3.63, 3.8) is 0 Å². The lowest BCUT2D eigenvalue weighted by molar-refractivity contribution is 0.654. The highest BCUT2D eigenvalue weighted by molar-refractivity contribution is 5.50. The molecule has 0 aliphatic rings. The van der Waals surface area contributed by atoms with Gasteiger partial charge in [-0.25, -0.2) is 0 Å². The summed E-state index contributed by atoms with van der Waals surface area (Å²) in [7, 11) is 1.50. The minimum absolute atomic E-state index is 0.476. The minimum Gasteiger partial charge on any atom is -0.398 e. The molecule has 1 aromatic carbocycles. The maximum absolute atomic E-state index is 5.93. The second-order valence-electron chi connectivity index (χ2n) is 4.44. The van der Waals surface area contributed by atoms with Gasteiger partial charge in [0.15, 0.2) is 0 Å². The summed E-state index contributed by atoms with van der Waals surface area (Å²) < 4.78 is 0. The average Bonchev–Trinajstić information content (AvgIpc) is 2.38. The standard InChI is InChI=1S/C13H23N3.CH5N/c1-10(2)12-8-11(4-5-13(12)15)9-16-7-3-6-14;1-2/h4-5,8,10,16H,3,6-7,9,14-15H2,1-2H3;2H2,1H3. The molecule has 104 valence electrons. The van der Waals surface area contributed by atoms with Gasteiger partial charge in [-0.3, -0.25) is 0 Å². The Morgan fingerprint density at radius 3 is 2.44 bits per heavy atom. The van der Waals surface area contributed by atoms with Crippen molar-refractivity contribution >= 4 is 5.69 Å². The summed E-state index contributed by atoms with van der Waals surface area (Å²) in [6.45, 7) is 6.93. The van der Waals surface area contributed by atoms with Crippen LogP contribution in [-0.2, 0) is 6.54 Å². The van der Waals surface area contributed by atoms with Crippen LogP contribution in [0.1, 0.15) is 37.3 Å². The lowest BCUT2D eigenvalue weighted by Gasteiger charge is -2.12. The van der Waals surface area contributed by atoms with Gasteiger partial charge in [0.1, 0.15) is 0 Å². The maximum Gasteiger partial charge on any atom is 0.0349 e. The van der Waals surface area contributed by atoms with E-state index < -0.39 is 0 Å². The van der Waals surface area contributed by atoms with Gasteiger partial charge in [0.05, 0.1) is 0 Å². The molecule has 1 rings (SSSR count). The SMILES string of the molecule is CC(C)c1cc(CNCCCN)ccc1N.CN. The van der Waals surface area contributed by atoms with Crippen LogP contribution in [0.15, 0.2) is 18.2 Å². The molecule has 18 heavy (non-hydrogen) atoms. The van der Waals surface area contributed by atoms with Crippen molar-refractivity contribution in [2.75, 3.05) is 25.9 Å². The fourth-order valence-corrected chi connectivity index (χ4v) is 1.69. The molecular formula is C14H28N4. The van der Waals surface area contributed by atoms with E-state index in [0.29, 0.717) is 5.92 Å². The smallest absolute Gasteiger partial charge is 0.0349 e. The van der Waals surface area contributed by atoms with Crippen molar-refractivity contribution in [2.24, 2.45) is 11.5 Å². The Hall–Kier alpha value is -1.10. The number of nitrogens with two attached hydrogens (primary N) is 3. The van der Waals surface area contributed by atoms with Gasteiger partial charge in [-0.1, -0.05) is 26.0 Å². The topological polar surface area (TPSA) is 90.1 Å². The number of nitrogens with one attached hydrogen (secondary N) is 1. The van der Waals surface area contributed by atoms with E-state index in [1.54, 1.807) is 0 Å². The number of benzene rings is 1.